The number of ether oxygens (including phenoxy) is 1. The molecule has 0 heterocycles. The molecule has 3 nitrogen and oxygen atoms in total. The average molecular weight is 301 g/mol. The van der Waals surface area contributed by atoms with Crippen LogP contribution in [0.2, 0.25) is 0 Å². The number of methoxy groups -OCH3 is 1. The lowest BCUT2D eigenvalue weighted by molar-refractivity contribution is -0.117. The molecule has 0 aromatic heterocycles. The highest BCUT2D eigenvalue weighted by atomic mass is 32.2. The second-order valence-electron chi connectivity index (χ2n) is 4.67. The fourth-order valence-electron chi connectivity index (χ4n) is 1.96. The highest BCUT2D eigenvalue weighted by Crippen LogP contribution is 2.27. The highest BCUT2D eigenvalue weighted by Gasteiger charge is 2.19. The van der Waals surface area contributed by atoms with Gasteiger partial charge in [-0.05, 0) is 43.3 Å². The summed E-state index contributed by atoms with van der Waals surface area (Å²) in [6.07, 6.45) is 0. The molecule has 110 valence electrons. The van der Waals surface area contributed by atoms with Crippen molar-refractivity contribution in [1.29, 1.82) is 0 Å². The first kappa shape index (κ1) is 15.4. The third-order valence-electron chi connectivity index (χ3n) is 3.19. The number of rotatable bonds is 5. The number of amides is 1. The molecule has 4 heteroatoms. The van der Waals surface area contributed by atoms with Gasteiger partial charge in [0.15, 0.2) is 0 Å². The molecule has 0 aliphatic rings. The van der Waals surface area contributed by atoms with Crippen LogP contribution in [0.15, 0.2) is 59.5 Å². The summed E-state index contributed by atoms with van der Waals surface area (Å²) in [7, 11) is 3.45. The Bertz CT molecular complexity index is 583. The Kier molecular flexibility index (Phi) is 5.28. The number of benzene rings is 2. The van der Waals surface area contributed by atoms with Crippen LogP contribution in [0.1, 0.15) is 6.92 Å². The van der Waals surface area contributed by atoms with E-state index in [0.29, 0.717) is 0 Å². The Labute approximate surface area is 129 Å². The van der Waals surface area contributed by atoms with E-state index in [4.69, 9.17) is 4.74 Å². The van der Waals surface area contributed by atoms with E-state index >= 15 is 0 Å². The molecule has 0 aliphatic carbocycles. The van der Waals surface area contributed by atoms with Crippen LogP contribution in [0.4, 0.5) is 5.69 Å². The lowest BCUT2D eigenvalue weighted by atomic mass is 10.3. The third-order valence-corrected chi connectivity index (χ3v) is 4.29. The van der Waals surface area contributed by atoms with Gasteiger partial charge in [0.25, 0.3) is 0 Å². The van der Waals surface area contributed by atoms with Crippen LogP contribution >= 0.6 is 11.8 Å². The monoisotopic (exact) mass is 301 g/mol. The van der Waals surface area contributed by atoms with E-state index in [-0.39, 0.29) is 11.2 Å². The first-order chi connectivity index (χ1) is 10.1. The van der Waals surface area contributed by atoms with Crippen LogP contribution in [0.25, 0.3) is 0 Å². The summed E-state index contributed by atoms with van der Waals surface area (Å²) in [6, 6.07) is 17.4. The van der Waals surface area contributed by atoms with E-state index in [9.17, 15) is 4.79 Å². The highest BCUT2D eigenvalue weighted by molar-refractivity contribution is 8.00. The van der Waals surface area contributed by atoms with Crippen molar-refractivity contribution in [2.45, 2.75) is 17.1 Å². The molecule has 0 saturated heterocycles. The number of hydrogen-bond donors (Lipinski definition) is 0. The molecule has 2 rings (SSSR count). The molecular formula is C17H19NO2S. The van der Waals surface area contributed by atoms with Crippen LogP contribution < -0.4 is 9.64 Å². The van der Waals surface area contributed by atoms with Crippen LogP contribution in [-0.2, 0) is 4.79 Å². The van der Waals surface area contributed by atoms with Gasteiger partial charge in [0, 0.05) is 17.6 Å². The SMILES string of the molecule is COc1ccc(S[C@@H](C)C(=O)N(C)c2ccccc2)cc1. The van der Waals surface area contributed by atoms with E-state index in [2.05, 4.69) is 0 Å². The van der Waals surface area contributed by atoms with Gasteiger partial charge in [-0.25, -0.2) is 0 Å². The van der Waals surface area contributed by atoms with E-state index in [1.54, 1.807) is 23.8 Å². The number of para-hydroxylation sites is 1. The summed E-state index contributed by atoms with van der Waals surface area (Å²) < 4.78 is 5.13. The van der Waals surface area contributed by atoms with Crippen LogP contribution in [0, 0.1) is 0 Å². The smallest absolute Gasteiger partial charge is 0.239 e. The molecular weight excluding hydrogens is 282 g/mol. The Balaban J connectivity index is 2.01. The van der Waals surface area contributed by atoms with Crippen LogP contribution in [0.3, 0.4) is 0 Å². The minimum atomic E-state index is -0.149. The van der Waals surface area contributed by atoms with Crippen molar-refractivity contribution < 1.29 is 9.53 Å². The fourth-order valence-corrected chi connectivity index (χ4v) is 2.92. The summed E-state index contributed by atoms with van der Waals surface area (Å²) in [5, 5.41) is -0.149. The summed E-state index contributed by atoms with van der Waals surface area (Å²) in [5.41, 5.74) is 0.907. The minimum absolute atomic E-state index is 0.0852. The lowest BCUT2D eigenvalue weighted by Gasteiger charge is -2.21. The number of carbonyl (C=O) groups excluding carboxylic acids is 1. The van der Waals surface area contributed by atoms with Gasteiger partial charge in [0.05, 0.1) is 12.4 Å². The van der Waals surface area contributed by atoms with E-state index in [0.717, 1.165) is 16.3 Å². The van der Waals surface area contributed by atoms with Gasteiger partial charge in [-0.3, -0.25) is 4.79 Å². The van der Waals surface area contributed by atoms with E-state index in [1.165, 1.54) is 0 Å². The first-order valence-electron chi connectivity index (χ1n) is 6.75. The molecule has 1 amide bonds. The summed E-state index contributed by atoms with van der Waals surface area (Å²) in [4.78, 5) is 15.2. The van der Waals surface area contributed by atoms with Gasteiger partial charge < -0.3 is 9.64 Å². The minimum Gasteiger partial charge on any atom is -0.497 e. The molecule has 0 radical (unpaired) electrons. The quantitative estimate of drug-likeness (QED) is 0.786. The molecule has 0 aliphatic heterocycles. The molecule has 0 bridgehead atoms. The van der Waals surface area contributed by atoms with Gasteiger partial charge in [0.2, 0.25) is 5.91 Å². The molecule has 0 saturated carbocycles. The summed E-state index contributed by atoms with van der Waals surface area (Å²) >= 11 is 1.55. The van der Waals surface area contributed by atoms with Crippen molar-refractivity contribution in [3.05, 3.63) is 54.6 Å². The zero-order valence-corrected chi connectivity index (χ0v) is 13.3. The Morgan fingerprint density at radius 1 is 1.10 bits per heavy atom. The van der Waals surface area contributed by atoms with E-state index in [1.807, 2.05) is 68.6 Å². The number of thioether (sulfide) groups is 1. The Morgan fingerprint density at radius 2 is 1.71 bits per heavy atom. The van der Waals surface area contributed by atoms with Crippen molar-refractivity contribution in [2.75, 3.05) is 19.1 Å². The predicted molar refractivity (Wildman–Crippen MR) is 88.2 cm³/mol. The molecule has 21 heavy (non-hydrogen) atoms. The van der Waals surface area contributed by atoms with Crippen molar-refractivity contribution in [3.63, 3.8) is 0 Å². The van der Waals surface area contributed by atoms with Crippen molar-refractivity contribution in [2.24, 2.45) is 0 Å². The average Bonchev–Trinajstić information content (AvgIpc) is 2.55. The maximum Gasteiger partial charge on any atom is 0.239 e. The fraction of sp³-hybridized carbons (Fsp3) is 0.235. The molecule has 0 spiro atoms. The van der Waals surface area contributed by atoms with Gasteiger partial charge >= 0.3 is 0 Å². The number of hydrogen-bond acceptors (Lipinski definition) is 3. The number of carbonyl (C=O) groups is 1. The molecule has 0 unspecified atom stereocenters. The second kappa shape index (κ2) is 7.18. The molecule has 1 atom stereocenters. The predicted octanol–water partition coefficient (Wildman–Crippen LogP) is 3.84. The second-order valence-corrected chi connectivity index (χ2v) is 6.08. The van der Waals surface area contributed by atoms with Gasteiger partial charge in [-0.1, -0.05) is 18.2 Å². The number of anilines is 1. The van der Waals surface area contributed by atoms with Gasteiger partial charge in [-0.15, -0.1) is 11.8 Å². The first-order valence-corrected chi connectivity index (χ1v) is 7.63. The summed E-state index contributed by atoms with van der Waals surface area (Å²) in [6.45, 7) is 1.93. The summed E-state index contributed by atoms with van der Waals surface area (Å²) in [5.74, 6) is 0.904. The Hall–Kier alpha value is -1.94. The molecule has 0 fully saturated rings. The zero-order chi connectivity index (χ0) is 15.2. The van der Waals surface area contributed by atoms with Crippen LogP contribution in [-0.4, -0.2) is 25.3 Å². The largest absolute Gasteiger partial charge is 0.497 e. The van der Waals surface area contributed by atoms with Crippen molar-refractivity contribution in [1.82, 2.24) is 0 Å². The van der Waals surface area contributed by atoms with Crippen molar-refractivity contribution >= 4 is 23.4 Å². The maximum absolute atomic E-state index is 12.5. The normalized spacial score (nSPS) is 11.8. The molecule has 2 aromatic rings. The van der Waals surface area contributed by atoms with Gasteiger partial charge in [0.1, 0.15) is 5.75 Å². The topological polar surface area (TPSA) is 29.5 Å². The van der Waals surface area contributed by atoms with Crippen LogP contribution in [0.5, 0.6) is 5.75 Å². The van der Waals surface area contributed by atoms with E-state index < -0.39 is 0 Å². The maximum atomic E-state index is 12.5. The third kappa shape index (κ3) is 4.02. The van der Waals surface area contributed by atoms with Crippen molar-refractivity contribution in [3.8, 4) is 5.75 Å². The molecule has 0 N–H and O–H groups in total. The lowest BCUT2D eigenvalue weighted by Crippen LogP contribution is -2.33. The van der Waals surface area contributed by atoms with Gasteiger partial charge in [-0.2, -0.15) is 0 Å². The standard InChI is InChI=1S/C17H19NO2S/c1-13(21-16-11-9-15(20-3)10-12-16)17(19)18(2)14-7-5-4-6-8-14/h4-13H,1-3H3/t13-/m0/s1. The zero-order valence-electron chi connectivity index (χ0n) is 12.4. The number of nitrogens with zero attached hydrogens (tertiary/aromatic N) is 1. The Morgan fingerprint density at radius 3 is 2.29 bits per heavy atom. The molecule has 2 aromatic carbocycles.